The monoisotopic (exact) mass is 447 g/mol. The topological polar surface area (TPSA) is 117 Å². The van der Waals surface area contributed by atoms with E-state index in [1.807, 2.05) is 60.7 Å². The molecule has 4 rings (SSSR count). The molecule has 1 heterocycles. The van der Waals surface area contributed by atoms with Crippen molar-refractivity contribution >= 4 is 29.6 Å². The Kier molecular flexibility index (Phi) is 6.95. The second kappa shape index (κ2) is 10.2. The molecule has 2 aliphatic rings. The number of Topliss-reactive ketones (excluding diaryl/α,β-unsaturated/α-hetero) is 1. The highest BCUT2D eigenvalue weighted by atomic mass is 16.6. The lowest BCUT2D eigenvalue weighted by Gasteiger charge is -2.17. The standard InChI is InChI=1S/C25H25N3O5/c29-22(13-27-25(32)19-11-17-8-4-5-9-18(17)12-19)26-14-23(30)28-20(24(31)21-15-33-21)10-16-6-2-1-3-7-16/h1-9,11,20-21H,10,12-15H2,(H,26,29)(H,27,32)(H,28,30). The Bertz CT molecular complexity index is 1090. The van der Waals surface area contributed by atoms with E-state index in [0.29, 0.717) is 25.0 Å². The fourth-order valence-electron chi connectivity index (χ4n) is 3.70. The van der Waals surface area contributed by atoms with Crippen LogP contribution in [-0.4, -0.2) is 55.3 Å². The molecular formula is C25H25N3O5. The first kappa shape index (κ1) is 22.4. The third kappa shape index (κ3) is 6.14. The van der Waals surface area contributed by atoms with Gasteiger partial charge < -0.3 is 20.7 Å². The Labute approximate surface area is 191 Å². The van der Waals surface area contributed by atoms with Crippen molar-refractivity contribution in [3.63, 3.8) is 0 Å². The maximum absolute atomic E-state index is 12.5. The molecule has 2 aromatic rings. The van der Waals surface area contributed by atoms with Gasteiger partial charge in [-0.15, -0.1) is 0 Å². The summed E-state index contributed by atoms with van der Waals surface area (Å²) < 4.78 is 5.07. The molecule has 0 spiro atoms. The van der Waals surface area contributed by atoms with Gasteiger partial charge in [0.2, 0.25) is 17.7 Å². The van der Waals surface area contributed by atoms with Crippen LogP contribution in [0.1, 0.15) is 16.7 Å². The largest absolute Gasteiger partial charge is 0.365 e. The van der Waals surface area contributed by atoms with Crippen LogP contribution >= 0.6 is 0 Å². The lowest BCUT2D eigenvalue weighted by molar-refractivity contribution is -0.129. The molecule has 1 saturated heterocycles. The lowest BCUT2D eigenvalue weighted by atomic mass is 10.0. The quantitative estimate of drug-likeness (QED) is 0.460. The van der Waals surface area contributed by atoms with Crippen LogP contribution in [0.3, 0.4) is 0 Å². The molecule has 2 aromatic carbocycles. The fourth-order valence-corrected chi connectivity index (χ4v) is 3.70. The van der Waals surface area contributed by atoms with Gasteiger partial charge in [0.05, 0.1) is 25.7 Å². The first-order chi connectivity index (χ1) is 16.0. The van der Waals surface area contributed by atoms with Crippen LogP contribution in [0.2, 0.25) is 0 Å². The van der Waals surface area contributed by atoms with Gasteiger partial charge in [0.25, 0.3) is 0 Å². The number of carbonyl (C=O) groups excluding carboxylic acids is 4. The van der Waals surface area contributed by atoms with Crippen molar-refractivity contribution in [2.45, 2.75) is 25.0 Å². The first-order valence-corrected chi connectivity index (χ1v) is 10.8. The molecule has 0 aromatic heterocycles. The molecule has 170 valence electrons. The highest BCUT2D eigenvalue weighted by molar-refractivity contribution is 6.02. The third-order valence-corrected chi connectivity index (χ3v) is 5.52. The average molecular weight is 447 g/mol. The Hall–Kier alpha value is -3.78. The summed E-state index contributed by atoms with van der Waals surface area (Å²) in [4.78, 5) is 49.3. The van der Waals surface area contributed by atoms with Crippen LogP contribution in [0.4, 0.5) is 0 Å². The SMILES string of the molecule is O=C(CNC(=O)C1=Cc2ccccc2C1)NCC(=O)NC(Cc1ccccc1)C(=O)C1CO1. The highest BCUT2D eigenvalue weighted by Gasteiger charge is 2.37. The van der Waals surface area contributed by atoms with Gasteiger partial charge in [-0.2, -0.15) is 0 Å². The van der Waals surface area contributed by atoms with Crippen molar-refractivity contribution in [2.75, 3.05) is 19.7 Å². The van der Waals surface area contributed by atoms with Crippen molar-refractivity contribution in [2.24, 2.45) is 0 Å². The summed E-state index contributed by atoms with van der Waals surface area (Å²) in [6.45, 7) is -0.188. The van der Waals surface area contributed by atoms with Gasteiger partial charge in [-0.3, -0.25) is 19.2 Å². The van der Waals surface area contributed by atoms with Gasteiger partial charge in [0.15, 0.2) is 5.78 Å². The van der Waals surface area contributed by atoms with Crippen molar-refractivity contribution in [1.29, 1.82) is 0 Å². The number of carbonyl (C=O) groups is 4. The van der Waals surface area contributed by atoms with Gasteiger partial charge in [0, 0.05) is 12.0 Å². The first-order valence-electron chi connectivity index (χ1n) is 10.8. The second-order valence-corrected chi connectivity index (χ2v) is 8.04. The number of ketones is 1. The van der Waals surface area contributed by atoms with E-state index in [2.05, 4.69) is 16.0 Å². The molecular weight excluding hydrogens is 422 g/mol. The van der Waals surface area contributed by atoms with Crippen molar-refractivity contribution in [1.82, 2.24) is 16.0 Å². The summed E-state index contributed by atoms with van der Waals surface area (Å²) in [6.07, 6.45) is 2.18. The van der Waals surface area contributed by atoms with E-state index in [0.717, 1.165) is 16.7 Å². The summed E-state index contributed by atoms with van der Waals surface area (Å²) in [5.74, 6) is -1.48. The number of amides is 3. The van der Waals surface area contributed by atoms with Gasteiger partial charge in [0.1, 0.15) is 6.10 Å². The Morgan fingerprint density at radius 2 is 1.61 bits per heavy atom. The summed E-state index contributed by atoms with van der Waals surface area (Å²) >= 11 is 0. The lowest BCUT2D eigenvalue weighted by Crippen LogP contribution is -2.49. The van der Waals surface area contributed by atoms with Crippen molar-refractivity contribution in [3.05, 3.63) is 76.9 Å². The van der Waals surface area contributed by atoms with E-state index in [1.165, 1.54) is 0 Å². The van der Waals surface area contributed by atoms with E-state index in [-0.39, 0.29) is 24.8 Å². The molecule has 8 heteroatoms. The molecule has 3 N–H and O–H groups in total. The number of ether oxygens (including phenoxy) is 1. The Morgan fingerprint density at radius 3 is 2.33 bits per heavy atom. The Balaban J connectivity index is 1.21. The van der Waals surface area contributed by atoms with Crippen LogP contribution in [0.25, 0.3) is 6.08 Å². The second-order valence-electron chi connectivity index (χ2n) is 8.04. The predicted molar refractivity (Wildman–Crippen MR) is 121 cm³/mol. The minimum Gasteiger partial charge on any atom is -0.365 e. The van der Waals surface area contributed by atoms with E-state index in [4.69, 9.17) is 4.74 Å². The summed E-state index contributed by atoms with van der Waals surface area (Å²) in [5.41, 5.74) is 3.57. The number of benzene rings is 2. The number of epoxide rings is 1. The number of nitrogens with one attached hydrogen (secondary N) is 3. The maximum Gasteiger partial charge on any atom is 0.247 e. The van der Waals surface area contributed by atoms with Crippen molar-refractivity contribution < 1.29 is 23.9 Å². The number of rotatable bonds is 10. The number of hydrogen-bond acceptors (Lipinski definition) is 5. The fraction of sp³-hybridized carbons (Fsp3) is 0.280. The number of hydrogen-bond donors (Lipinski definition) is 3. The molecule has 8 nitrogen and oxygen atoms in total. The predicted octanol–water partition coefficient (Wildman–Crippen LogP) is 0.554. The van der Waals surface area contributed by atoms with Crippen LogP contribution in [0, 0.1) is 0 Å². The molecule has 1 aliphatic carbocycles. The summed E-state index contributed by atoms with van der Waals surface area (Å²) in [7, 11) is 0. The van der Waals surface area contributed by atoms with Gasteiger partial charge in [-0.05, 0) is 29.2 Å². The minimum atomic E-state index is -0.736. The van der Waals surface area contributed by atoms with Crippen LogP contribution in [-0.2, 0) is 36.8 Å². The molecule has 33 heavy (non-hydrogen) atoms. The molecule has 1 fully saturated rings. The van der Waals surface area contributed by atoms with E-state index in [9.17, 15) is 19.2 Å². The van der Waals surface area contributed by atoms with E-state index >= 15 is 0 Å². The Morgan fingerprint density at radius 1 is 0.909 bits per heavy atom. The smallest absolute Gasteiger partial charge is 0.247 e. The number of fused-ring (bicyclic) bond motifs is 1. The van der Waals surface area contributed by atoms with Crippen LogP contribution < -0.4 is 16.0 Å². The zero-order valence-corrected chi connectivity index (χ0v) is 18.0. The zero-order chi connectivity index (χ0) is 23.2. The molecule has 0 radical (unpaired) electrons. The van der Waals surface area contributed by atoms with Gasteiger partial charge in [-0.1, -0.05) is 54.6 Å². The minimum absolute atomic E-state index is 0.184. The molecule has 0 bridgehead atoms. The third-order valence-electron chi connectivity index (χ3n) is 5.52. The normalized spacial score (nSPS) is 16.7. The highest BCUT2D eigenvalue weighted by Crippen LogP contribution is 2.24. The molecule has 1 aliphatic heterocycles. The van der Waals surface area contributed by atoms with E-state index < -0.39 is 24.0 Å². The molecule has 2 unspecified atom stereocenters. The van der Waals surface area contributed by atoms with Crippen molar-refractivity contribution in [3.8, 4) is 0 Å². The maximum atomic E-state index is 12.5. The van der Waals surface area contributed by atoms with Crippen LogP contribution in [0.5, 0.6) is 0 Å². The average Bonchev–Trinajstić information content (AvgIpc) is 3.59. The molecule has 3 amide bonds. The van der Waals surface area contributed by atoms with E-state index in [1.54, 1.807) is 0 Å². The molecule has 0 saturated carbocycles. The summed E-state index contributed by atoms with van der Waals surface area (Å²) in [6, 6.07) is 16.3. The van der Waals surface area contributed by atoms with Gasteiger partial charge in [-0.25, -0.2) is 0 Å². The van der Waals surface area contributed by atoms with Gasteiger partial charge >= 0.3 is 0 Å². The zero-order valence-electron chi connectivity index (χ0n) is 18.0. The summed E-state index contributed by atoms with van der Waals surface area (Å²) in [5, 5.41) is 7.73. The van der Waals surface area contributed by atoms with Crippen LogP contribution in [0.15, 0.2) is 60.2 Å². The molecule has 2 atom stereocenters.